The molecule has 5 nitrogen and oxygen atoms in total. The molecule has 0 aliphatic heterocycles. The van der Waals surface area contributed by atoms with Crippen molar-refractivity contribution >= 4 is 17.5 Å². The number of rotatable bonds is 7. The predicted molar refractivity (Wildman–Crippen MR) is 115 cm³/mol. The predicted octanol–water partition coefficient (Wildman–Crippen LogP) is 5.70. The molecule has 0 unspecified atom stereocenters. The van der Waals surface area contributed by atoms with Crippen LogP contribution < -0.4 is 0 Å². The van der Waals surface area contributed by atoms with Gasteiger partial charge in [0.15, 0.2) is 5.78 Å². The lowest BCUT2D eigenvalue weighted by molar-refractivity contribution is 0.102. The fourth-order valence-corrected chi connectivity index (χ4v) is 4.75. The SMILES string of the molecule is Cc1cc(C(=O)CSc2nnc(C3CCCCC3)o2)c(C)n1Cc1ccc(F)cc1. The molecule has 158 valence electrons. The van der Waals surface area contributed by atoms with E-state index in [0.717, 1.165) is 29.8 Å². The Balaban J connectivity index is 1.40. The Morgan fingerprint density at radius 1 is 1.17 bits per heavy atom. The van der Waals surface area contributed by atoms with E-state index in [1.807, 2.05) is 19.9 Å². The van der Waals surface area contributed by atoms with E-state index in [1.54, 1.807) is 12.1 Å². The van der Waals surface area contributed by atoms with Crippen molar-refractivity contribution in [1.82, 2.24) is 14.8 Å². The van der Waals surface area contributed by atoms with Crippen molar-refractivity contribution in [2.45, 2.75) is 63.6 Å². The number of nitrogens with zero attached hydrogens (tertiary/aromatic N) is 3. The van der Waals surface area contributed by atoms with Crippen LogP contribution in [-0.2, 0) is 6.54 Å². The van der Waals surface area contributed by atoms with E-state index in [-0.39, 0.29) is 17.4 Å². The van der Waals surface area contributed by atoms with Gasteiger partial charge < -0.3 is 8.98 Å². The monoisotopic (exact) mass is 427 g/mol. The van der Waals surface area contributed by atoms with Crippen LogP contribution in [-0.4, -0.2) is 26.3 Å². The first-order valence-corrected chi connectivity index (χ1v) is 11.4. The van der Waals surface area contributed by atoms with Crippen LogP contribution in [0.2, 0.25) is 0 Å². The van der Waals surface area contributed by atoms with Crippen LogP contribution >= 0.6 is 11.8 Å². The Labute approximate surface area is 180 Å². The second-order valence-corrected chi connectivity index (χ2v) is 8.88. The number of ketones is 1. The Morgan fingerprint density at radius 3 is 2.63 bits per heavy atom. The van der Waals surface area contributed by atoms with E-state index in [2.05, 4.69) is 14.8 Å². The molecule has 3 aromatic rings. The summed E-state index contributed by atoms with van der Waals surface area (Å²) in [5, 5.41) is 8.79. The molecular formula is C23H26FN3O2S. The zero-order valence-electron chi connectivity index (χ0n) is 17.4. The third kappa shape index (κ3) is 4.67. The lowest BCUT2D eigenvalue weighted by Crippen LogP contribution is -2.07. The van der Waals surface area contributed by atoms with Gasteiger partial charge in [-0.1, -0.05) is 43.2 Å². The van der Waals surface area contributed by atoms with Crippen molar-refractivity contribution in [2.24, 2.45) is 0 Å². The lowest BCUT2D eigenvalue weighted by Gasteiger charge is -2.17. The number of hydrogen-bond donors (Lipinski definition) is 0. The Morgan fingerprint density at radius 2 is 1.90 bits per heavy atom. The molecule has 1 aliphatic carbocycles. The van der Waals surface area contributed by atoms with Gasteiger partial charge in [0, 0.05) is 29.4 Å². The maximum atomic E-state index is 13.2. The highest BCUT2D eigenvalue weighted by Crippen LogP contribution is 2.33. The third-order valence-corrected chi connectivity index (χ3v) is 6.65. The number of aryl methyl sites for hydroxylation is 1. The van der Waals surface area contributed by atoms with E-state index < -0.39 is 0 Å². The zero-order chi connectivity index (χ0) is 21.1. The fourth-order valence-electron chi connectivity index (χ4n) is 4.10. The van der Waals surface area contributed by atoms with Gasteiger partial charge in [-0.05, 0) is 50.5 Å². The van der Waals surface area contributed by atoms with Gasteiger partial charge in [-0.25, -0.2) is 4.39 Å². The maximum Gasteiger partial charge on any atom is 0.277 e. The lowest BCUT2D eigenvalue weighted by atomic mass is 9.89. The van der Waals surface area contributed by atoms with Crippen LogP contribution in [0, 0.1) is 19.7 Å². The molecule has 0 radical (unpaired) electrons. The summed E-state index contributed by atoms with van der Waals surface area (Å²) >= 11 is 1.30. The second-order valence-electron chi connectivity index (χ2n) is 7.95. The summed E-state index contributed by atoms with van der Waals surface area (Å²) in [6.45, 7) is 4.53. The Bertz CT molecular complexity index is 1020. The molecule has 0 atom stereocenters. The van der Waals surface area contributed by atoms with E-state index >= 15 is 0 Å². The number of carbonyl (C=O) groups is 1. The van der Waals surface area contributed by atoms with Crippen LogP contribution in [0.5, 0.6) is 0 Å². The van der Waals surface area contributed by atoms with Gasteiger partial charge in [0.25, 0.3) is 5.22 Å². The minimum absolute atomic E-state index is 0.0378. The Kier molecular flexibility index (Phi) is 6.37. The minimum Gasteiger partial charge on any atom is -0.416 e. The van der Waals surface area contributed by atoms with Gasteiger partial charge in [-0.2, -0.15) is 0 Å². The number of hydrogen-bond acceptors (Lipinski definition) is 5. The van der Waals surface area contributed by atoms with Crippen molar-refractivity contribution in [2.75, 3.05) is 5.75 Å². The topological polar surface area (TPSA) is 60.9 Å². The summed E-state index contributed by atoms with van der Waals surface area (Å²) in [5.41, 5.74) is 3.61. The molecule has 0 spiro atoms. The van der Waals surface area contributed by atoms with Gasteiger partial charge in [0.05, 0.1) is 5.75 Å². The molecule has 0 amide bonds. The summed E-state index contributed by atoms with van der Waals surface area (Å²) in [6.07, 6.45) is 5.90. The molecule has 0 N–H and O–H groups in total. The quantitative estimate of drug-likeness (QED) is 0.358. The Hall–Kier alpha value is -2.41. The standard InChI is InChI=1S/C23H26FN3O2S/c1-15-12-20(16(2)27(15)13-17-8-10-19(24)11-9-17)21(28)14-30-23-26-25-22(29-23)18-6-4-3-5-7-18/h8-12,18H,3-7,13-14H2,1-2H3. The van der Waals surface area contributed by atoms with Crippen LogP contribution in [0.25, 0.3) is 0 Å². The third-order valence-electron chi connectivity index (χ3n) is 5.83. The molecule has 30 heavy (non-hydrogen) atoms. The molecule has 7 heteroatoms. The molecule has 4 rings (SSSR count). The second kappa shape index (κ2) is 9.16. The number of carbonyl (C=O) groups excluding carboxylic acids is 1. The molecule has 1 aliphatic rings. The normalized spacial score (nSPS) is 14.9. The van der Waals surface area contributed by atoms with Crippen LogP contribution in [0.15, 0.2) is 40.0 Å². The molecule has 1 aromatic carbocycles. The van der Waals surface area contributed by atoms with Gasteiger partial charge in [0.1, 0.15) is 5.82 Å². The average molecular weight is 428 g/mol. The van der Waals surface area contributed by atoms with Gasteiger partial charge in [-0.15, -0.1) is 10.2 Å². The van der Waals surface area contributed by atoms with Gasteiger partial charge in [0.2, 0.25) is 5.89 Å². The van der Waals surface area contributed by atoms with Crippen LogP contribution in [0.3, 0.4) is 0 Å². The first kappa shape index (κ1) is 20.8. The van der Waals surface area contributed by atoms with Crippen LogP contribution in [0.1, 0.15) is 71.2 Å². The van der Waals surface area contributed by atoms with Crippen molar-refractivity contribution in [1.29, 1.82) is 0 Å². The van der Waals surface area contributed by atoms with Gasteiger partial charge >= 0.3 is 0 Å². The molecule has 1 saturated carbocycles. The zero-order valence-corrected chi connectivity index (χ0v) is 18.2. The molecule has 1 fully saturated rings. The average Bonchev–Trinajstić information content (AvgIpc) is 3.34. The summed E-state index contributed by atoms with van der Waals surface area (Å²) < 4.78 is 21.0. The van der Waals surface area contributed by atoms with E-state index in [4.69, 9.17) is 4.42 Å². The number of Topliss-reactive ketones (excluding diaryl/α,β-unsaturated/α-hetero) is 1. The summed E-state index contributed by atoms with van der Waals surface area (Å²) in [5.74, 6) is 1.12. The minimum atomic E-state index is -0.250. The van der Waals surface area contributed by atoms with E-state index in [1.165, 1.54) is 43.2 Å². The van der Waals surface area contributed by atoms with Gasteiger partial charge in [-0.3, -0.25) is 4.79 Å². The summed E-state index contributed by atoms with van der Waals surface area (Å²) in [6, 6.07) is 8.37. The molecule has 0 bridgehead atoms. The highest BCUT2D eigenvalue weighted by Gasteiger charge is 2.22. The van der Waals surface area contributed by atoms with E-state index in [0.29, 0.717) is 29.1 Å². The number of aromatic nitrogens is 3. The van der Waals surface area contributed by atoms with Crippen molar-refractivity contribution < 1.29 is 13.6 Å². The summed E-state index contributed by atoms with van der Waals surface area (Å²) in [4.78, 5) is 12.8. The first-order valence-electron chi connectivity index (χ1n) is 10.4. The van der Waals surface area contributed by atoms with Crippen molar-refractivity contribution in [3.8, 4) is 0 Å². The van der Waals surface area contributed by atoms with Crippen LogP contribution in [0.4, 0.5) is 4.39 Å². The molecule has 0 saturated heterocycles. The number of halogens is 1. The molecule has 2 heterocycles. The smallest absolute Gasteiger partial charge is 0.277 e. The summed E-state index contributed by atoms with van der Waals surface area (Å²) in [7, 11) is 0. The first-order chi connectivity index (χ1) is 14.5. The fraction of sp³-hybridized carbons (Fsp3) is 0.435. The van der Waals surface area contributed by atoms with E-state index in [9.17, 15) is 9.18 Å². The molecule has 2 aromatic heterocycles. The highest BCUT2D eigenvalue weighted by molar-refractivity contribution is 7.99. The largest absolute Gasteiger partial charge is 0.416 e. The van der Waals surface area contributed by atoms with Crippen molar-refractivity contribution in [3.05, 3.63) is 64.6 Å². The number of benzene rings is 1. The maximum absolute atomic E-state index is 13.2. The highest BCUT2D eigenvalue weighted by atomic mass is 32.2. The molecular weight excluding hydrogens is 401 g/mol. The van der Waals surface area contributed by atoms with Crippen molar-refractivity contribution in [3.63, 3.8) is 0 Å². The number of thioether (sulfide) groups is 1.